The summed E-state index contributed by atoms with van der Waals surface area (Å²) in [5.41, 5.74) is 0. The summed E-state index contributed by atoms with van der Waals surface area (Å²) in [7, 11) is -3.13. The van der Waals surface area contributed by atoms with E-state index in [1.165, 1.54) is 0 Å². The zero-order chi connectivity index (χ0) is 3.58. The molecule has 2 N–H and O–H groups in total. The van der Waals surface area contributed by atoms with E-state index in [1.807, 2.05) is 0 Å². The van der Waals surface area contributed by atoms with Crippen molar-refractivity contribution in [2.45, 2.75) is 0 Å². The fraction of sp³-hybridized carbons (Fsp3) is 0. The van der Waals surface area contributed by atoms with E-state index in [-0.39, 0.29) is 55.1 Å². The molecule has 6 heavy (non-hydrogen) atoms. The SMILES string of the molecule is O=[PH](O)O.[AlH3].[CaH2]. The summed E-state index contributed by atoms with van der Waals surface area (Å²) in [6.07, 6.45) is 0. The molecule has 0 saturated heterocycles. The van der Waals surface area contributed by atoms with Gasteiger partial charge in [0, 0.05) is 0 Å². The Morgan fingerprint density at radius 3 is 1.33 bits per heavy atom. The maximum atomic E-state index is 8.74. The van der Waals surface area contributed by atoms with E-state index in [1.54, 1.807) is 0 Å². The predicted molar refractivity (Wildman–Crippen MR) is 31.9 cm³/mol. The molecule has 0 aliphatic carbocycles. The third-order valence-electron chi connectivity index (χ3n) is 0. The average Bonchev–Trinajstić information content (AvgIpc) is 0.811. The van der Waals surface area contributed by atoms with Gasteiger partial charge < -0.3 is 9.79 Å². The topological polar surface area (TPSA) is 57.5 Å². The van der Waals surface area contributed by atoms with Crippen molar-refractivity contribution in [3.8, 4) is 0 Å². The zero-order valence-corrected chi connectivity index (χ0v) is 2.80. The van der Waals surface area contributed by atoms with Crippen LogP contribution in [-0.4, -0.2) is 64.9 Å². The molecule has 0 aromatic carbocycles. The molecule has 36 valence electrons. The standard InChI is InChI=1S/Al.Ca.H3O3P.5H/c;;1-4(2)3;;;;;/h;;4H,(H2,1,2,3);;;;;. The number of rotatable bonds is 0. The van der Waals surface area contributed by atoms with Gasteiger partial charge in [-0.25, -0.2) is 0 Å². The molecule has 0 radical (unpaired) electrons. The first kappa shape index (κ1) is 15.7. The van der Waals surface area contributed by atoms with Crippen molar-refractivity contribution in [2.75, 3.05) is 0 Å². The maximum absolute atomic E-state index is 8.74. The van der Waals surface area contributed by atoms with Crippen LogP contribution in [0.3, 0.4) is 0 Å². The van der Waals surface area contributed by atoms with E-state index < -0.39 is 8.25 Å². The van der Waals surface area contributed by atoms with Crippen LogP contribution >= 0.6 is 8.25 Å². The average molecular weight is 154 g/mol. The molecule has 0 fully saturated rings. The van der Waals surface area contributed by atoms with Crippen molar-refractivity contribution >= 4 is 63.4 Å². The van der Waals surface area contributed by atoms with Crippen molar-refractivity contribution in [1.29, 1.82) is 0 Å². The van der Waals surface area contributed by atoms with Gasteiger partial charge >= 0.3 is 46.0 Å². The van der Waals surface area contributed by atoms with Crippen molar-refractivity contribution < 1.29 is 14.4 Å². The van der Waals surface area contributed by atoms with Gasteiger partial charge in [0.2, 0.25) is 0 Å². The molecule has 0 rings (SSSR count). The fourth-order valence-corrected chi connectivity index (χ4v) is 0. The first-order chi connectivity index (χ1) is 1.73. The van der Waals surface area contributed by atoms with E-state index >= 15 is 0 Å². The summed E-state index contributed by atoms with van der Waals surface area (Å²) >= 11 is 0. The molecule has 0 heterocycles. The summed E-state index contributed by atoms with van der Waals surface area (Å²) in [6, 6.07) is 0. The molecule has 0 saturated carbocycles. The van der Waals surface area contributed by atoms with Crippen molar-refractivity contribution in [3.05, 3.63) is 0 Å². The van der Waals surface area contributed by atoms with Crippen LogP contribution in [0, 0.1) is 0 Å². The van der Waals surface area contributed by atoms with Crippen LogP contribution in [0.5, 0.6) is 0 Å². The van der Waals surface area contributed by atoms with E-state index in [0.29, 0.717) is 0 Å². The Bertz CT molecular complexity index is 33.8. The van der Waals surface area contributed by atoms with Gasteiger partial charge in [-0.15, -0.1) is 0 Å². The molecule has 0 amide bonds. The zero-order valence-electron chi connectivity index (χ0n) is 1.80. The molecule has 0 aliphatic heterocycles. The molecular formula is H8AlCaO3P. The molecule has 0 aromatic heterocycles. The summed E-state index contributed by atoms with van der Waals surface area (Å²) in [5, 5.41) is 0. The normalized spacial score (nSPS) is 5.83. The van der Waals surface area contributed by atoms with Gasteiger partial charge in [0.05, 0.1) is 0 Å². The van der Waals surface area contributed by atoms with Crippen LogP contribution in [-0.2, 0) is 4.57 Å². The first-order valence-corrected chi connectivity index (χ1v) is 1.95. The van der Waals surface area contributed by atoms with Gasteiger partial charge in [-0.1, -0.05) is 0 Å². The Balaban J connectivity index is -0.0000000450. The van der Waals surface area contributed by atoms with Gasteiger partial charge in [0.1, 0.15) is 0 Å². The van der Waals surface area contributed by atoms with Crippen LogP contribution in [0.25, 0.3) is 0 Å². The summed E-state index contributed by atoms with van der Waals surface area (Å²) in [5.74, 6) is 0. The molecule has 6 heteroatoms. The molecule has 0 bridgehead atoms. The minimum atomic E-state index is -3.13. The second-order valence-electron chi connectivity index (χ2n) is 0.283. The molecule has 0 spiro atoms. The van der Waals surface area contributed by atoms with Crippen LogP contribution in [0.2, 0.25) is 0 Å². The van der Waals surface area contributed by atoms with Crippen LogP contribution in [0.1, 0.15) is 0 Å². The van der Waals surface area contributed by atoms with Gasteiger partial charge in [0.25, 0.3) is 0 Å². The van der Waals surface area contributed by atoms with E-state index in [2.05, 4.69) is 0 Å². The quantitative estimate of drug-likeness (QED) is 0.294. The van der Waals surface area contributed by atoms with Crippen molar-refractivity contribution in [2.24, 2.45) is 0 Å². The summed E-state index contributed by atoms with van der Waals surface area (Å²) < 4.78 is 8.74. The predicted octanol–water partition coefficient (Wildman–Crippen LogP) is -2.74. The van der Waals surface area contributed by atoms with Gasteiger partial charge in [-0.3, -0.25) is 4.57 Å². The van der Waals surface area contributed by atoms with E-state index in [9.17, 15) is 0 Å². The minimum absolute atomic E-state index is 0. The van der Waals surface area contributed by atoms with Crippen molar-refractivity contribution in [3.63, 3.8) is 0 Å². The molecule has 0 unspecified atom stereocenters. The third-order valence-corrected chi connectivity index (χ3v) is 0. The number of hydrogen-bond acceptors (Lipinski definition) is 1. The molecule has 0 aliphatic rings. The second kappa shape index (κ2) is 10.0. The Kier molecular flexibility index (Phi) is 26.2. The fourth-order valence-electron chi connectivity index (χ4n) is 0. The summed E-state index contributed by atoms with van der Waals surface area (Å²) in [4.78, 5) is 14.3. The number of hydrogen-bond donors (Lipinski definition) is 2. The van der Waals surface area contributed by atoms with Crippen molar-refractivity contribution in [1.82, 2.24) is 0 Å². The second-order valence-corrected chi connectivity index (χ2v) is 0.848. The summed E-state index contributed by atoms with van der Waals surface area (Å²) in [6.45, 7) is 0. The van der Waals surface area contributed by atoms with Gasteiger partial charge in [-0.05, 0) is 0 Å². The van der Waals surface area contributed by atoms with Crippen LogP contribution < -0.4 is 0 Å². The Hall–Kier alpha value is 1.94. The monoisotopic (exact) mass is 154 g/mol. The Morgan fingerprint density at radius 1 is 1.33 bits per heavy atom. The van der Waals surface area contributed by atoms with E-state index in [0.717, 1.165) is 0 Å². The Labute approximate surface area is 76.8 Å². The third kappa shape index (κ3) is 38.5. The first-order valence-electron chi connectivity index (χ1n) is 0.651. The molecule has 0 aromatic rings. The van der Waals surface area contributed by atoms with Gasteiger partial charge in [-0.2, -0.15) is 0 Å². The molecule has 3 nitrogen and oxygen atoms in total. The molecule has 0 atom stereocenters. The molecular weight excluding hydrogens is 146 g/mol. The van der Waals surface area contributed by atoms with E-state index in [4.69, 9.17) is 14.4 Å². The van der Waals surface area contributed by atoms with Gasteiger partial charge in [0.15, 0.2) is 17.4 Å². The van der Waals surface area contributed by atoms with Crippen LogP contribution in [0.15, 0.2) is 0 Å². The van der Waals surface area contributed by atoms with Crippen LogP contribution in [0.4, 0.5) is 0 Å². The Morgan fingerprint density at radius 2 is 1.33 bits per heavy atom.